The van der Waals surface area contributed by atoms with Gasteiger partial charge < -0.3 is 18.9 Å². The zero-order valence-corrected chi connectivity index (χ0v) is 22.5. The molecule has 5 heteroatoms. The summed E-state index contributed by atoms with van der Waals surface area (Å²) in [4.78, 5) is 13.6. The lowest BCUT2D eigenvalue weighted by Crippen LogP contribution is -2.44. The first kappa shape index (κ1) is 27.5. The van der Waals surface area contributed by atoms with Gasteiger partial charge in [0.2, 0.25) is 0 Å². The van der Waals surface area contributed by atoms with Gasteiger partial charge in [0, 0.05) is 12.0 Å². The van der Waals surface area contributed by atoms with Gasteiger partial charge in [-0.1, -0.05) is 121 Å². The molecule has 0 radical (unpaired) electrons. The van der Waals surface area contributed by atoms with Crippen LogP contribution in [0.25, 0.3) is 0 Å². The molecular weight excluding hydrogens is 500 g/mol. The third-order valence-corrected chi connectivity index (χ3v) is 6.76. The van der Waals surface area contributed by atoms with Gasteiger partial charge in [-0.05, 0) is 22.3 Å². The van der Waals surface area contributed by atoms with E-state index in [0.717, 1.165) is 27.8 Å². The van der Waals surface area contributed by atoms with Crippen molar-refractivity contribution in [2.24, 2.45) is 0 Å². The van der Waals surface area contributed by atoms with Crippen LogP contribution in [0.3, 0.4) is 0 Å². The summed E-state index contributed by atoms with van der Waals surface area (Å²) in [6.45, 7) is 1.67. The van der Waals surface area contributed by atoms with E-state index in [4.69, 9.17) is 18.9 Å². The fourth-order valence-electron chi connectivity index (χ4n) is 4.68. The molecule has 204 valence electrons. The summed E-state index contributed by atoms with van der Waals surface area (Å²) in [6.07, 6.45) is -1.32. The van der Waals surface area contributed by atoms with Gasteiger partial charge in [-0.3, -0.25) is 4.79 Å². The predicted octanol–water partition coefficient (Wildman–Crippen LogP) is 6.82. The van der Waals surface area contributed by atoms with Gasteiger partial charge in [0.05, 0.1) is 26.4 Å². The molecular formula is C35H34O5. The molecule has 0 bridgehead atoms. The fourth-order valence-corrected chi connectivity index (χ4v) is 4.68. The zero-order valence-electron chi connectivity index (χ0n) is 22.5. The second-order valence-electron chi connectivity index (χ2n) is 9.80. The number of ether oxygens (including phenoxy) is 4. The first-order valence-corrected chi connectivity index (χ1v) is 13.6. The first-order valence-electron chi connectivity index (χ1n) is 13.6. The number of benzene rings is 4. The van der Waals surface area contributed by atoms with Crippen LogP contribution in [0.15, 0.2) is 133 Å². The predicted molar refractivity (Wildman–Crippen MR) is 154 cm³/mol. The van der Waals surface area contributed by atoms with Crippen molar-refractivity contribution in [2.45, 2.75) is 45.1 Å². The lowest BCUT2D eigenvalue weighted by atomic mass is 9.91. The van der Waals surface area contributed by atoms with Crippen LogP contribution in [-0.4, -0.2) is 24.6 Å². The van der Waals surface area contributed by atoms with Crippen LogP contribution in [0, 0.1) is 0 Å². The van der Waals surface area contributed by atoms with Crippen LogP contribution >= 0.6 is 0 Å². The molecule has 0 saturated carbocycles. The van der Waals surface area contributed by atoms with Crippen LogP contribution in [0.4, 0.5) is 0 Å². The van der Waals surface area contributed by atoms with E-state index in [1.54, 1.807) is 0 Å². The Kier molecular flexibility index (Phi) is 9.90. The Bertz CT molecular complexity index is 1350. The molecule has 4 aromatic rings. The largest absolute Gasteiger partial charge is 0.490 e. The minimum Gasteiger partial charge on any atom is -0.490 e. The van der Waals surface area contributed by atoms with Crippen molar-refractivity contribution < 1.29 is 23.7 Å². The summed E-state index contributed by atoms with van der Waals surface area (Å²) in [7, 11) is 0. The van der Waals surface area contributed by atoms with Gasteiger partial charge in [0.25, 0.3) is 0 Å². The molecule has 0 saturated heterocycles. The Hall–Kier alpha value is -4.03. The summed E-state index contributed by atoms with van der Waals surface area (Å²) >= 11 is 0. The van der Waals surface area contributed by atoms with Gasteiger partial charge in [0.1, 0.15) is 24.6 Å². The minimum absolute atomic E-state index is 0.0423. The van der Waals surface area contributed by atoms with Gasteiger partial charge in [-0.25, -0.2) is 0 Å². The third-order valence-electron chi connectivity index (χ3n) is 6.76. The summed E-state index contributed by atoms with van der Waals surface area (Å²) in [5.41, 5.74) is 4.88. The quantitative estimate of drug-likeness (QED) is 0.188. The number of hydrogen-bond donors (Lipinski definition) is 0. The molecule has 0 N–H and O–H groups in total. The average Bonchev–Trinajstić information content (AvgIpc) is 3.01. The van der Waals surface area contributed by atoms with E-state index in [1.807, 2.05) is 121 Å². The number of rotatable bonds is 13. The standard InChI is InChI=1S/C35H34O5/c36-32-21-31(26-37-22-27-13-5-1-6-14-27)33(38-23-28-15-7-2-8-16-28)35(40-25-30-19-11-4-12-20-30)34(32)39-24-29-17-9-3-10-18-29/h1-20,34-35H,21-26H2/t34-,35-/m0/s1. The van der Waals surface area contributed by atoms with Gasteiger partial charge in [0.15, 0.2) is 5.78 Å². The lowest BCUT2D eigenvalue weighted by Gasteiger charge is -2.34. The molecule has 0 fully saturated rings. The maximum Gasteiger partial charge on any atom is 0.168 e. The first-order chi connectivity index (χ1) is 19.8. The van der Waals surface area contributed by atoms with E-state index in [2.05, 4.69) is 0 Å². The summed E-state index contributed by atoms with van der Waals surface area (Å²) in [5, 5.41) is 0. The van der Waals surface area contributed by atoms with E-state index < -0.39 is 12.2 Å². The van der Waals surface area contributed by atoms with Crippen molar-refractivity contribution in [3.63, 3.8) is 0 Å². The van der Waals surface area contributed by atoms with Crippen molar-refractivity contribution in [2.75, 3.05) is 6.61 Å². The number of carbonyl (C=O) groups is 1. The van der Waals surface area contributed by atoms with E-state index in [1.165, 1.54) is 0 Å². The van der Waals surface area contributed by atoms with Gasteiger partial charge in [-0.2, -0.15) is 0 Å². The van der Waals surface area contributed by atoms with Crippen LogP contribution < -0.4 is 0 Å². The molecule has 1 aliphatic rings. The molecule has 5 rings (SSSR count). The Balaban J connectivity index is 1.41. The van der Waals surface area contributed by atoms with Crippen LogP contribution in [0.1, 0.15) is 28.7 Å². The Morgan fingerprint density at radius 2 is 0.925 bits per heavy atom. The second-order valence-corrected chi connectivity index (χ2v) is 9.80. The average molecular weight is 535 g/mol. The van der Waals surface area contributed by atoms with Crippen molar-refractivity contribution in [1.29, 1.82) is 0 Å². The smallest absolute Gasteiger partial charge is 0.168 e. The molecule has 0 aromatic heterocycles. The fraction of sp³-hybridized carbons (Fsp3) is 0.229. The van der Waals surface area contributed by atoms with Crippen molar-refractivity contribution in [3.05, 3.63) is 155 Å². The molecule has 0 heterocycles. The van der Waals surface area contributed by atoms with Crippen molar-refractivity contribution >= 4 is 5.78 Å². The zero-order chi connectivity index (χ0) is 27.4. The number of ketones is 1. The van der Waals surface area contributed by atoms with E-state index in [-0.39, 0.29) is 18.8 Å². The molecule has 40 heavy (non-hydrogen) atoms. The SMILES string of the molecule is O=C1CC(COCc2ccccc2)=C(OCc2ccccc2)[C@H](OCc2ccccc2)[C@H]1OCc1ccccc1. The van der Waals surface area contributed by atoms with Crippen molar-refractivity contribution in [1.82, 2.24) is 0 Å². The Morgan fingerprint density at radius 1 is 0.500 bits per heavy atom. The van der Waals surface area contributed by atoms with Crippen LogP contribution in [0.5, 0.6) is 0 Å². The number of carbonyl (C=O) groups excluding carboxylic acids is 1. The highest BCUT2D eigenvalue weighted by Crippen LogP contribution is 2.31. The highest BCUT2D eigenvalue weighted by Gasteiger charge is 2.40. The normalized spacial score (nSPS) is 17.1. The van der Waals surface area contributed by atoms with Crippen LogP contribution in [-0.2, 0) is 50.2 Å². The summed E-state index contributed by atoms with van der Waals surface area (Å²) in [6, 6.07) is 39.7. The molecule has 0 aliphatic heterocycles. The minimum atomic E-state index is -0.799. The van der Waals surface area contributed by atoms with E-state index in [9.17, 15) is 4.79 Å². The summed E-state index contributed by atoms with van der Waals surface area (Å²) in [5.74, 6) is 0.574. The second kappa shape index (κ2) is 14.4. The molecule has 0 unspecified atom stereocenters. The topological polar surface area (TPSA) is 54.0 Å². The molecule has 5 nitrogen and oxygen atoms in total. The van der Waals surface area contributed by atoms with Gasteiger partial charge >= 0.3 is 0 Å². The van der Waals surface area contributed by atoms with Crippen molar-refractivity contribution in [3.8, 4) is 0 Å². The van der Waals surface area contributed by atoms with E-state index >= 15 is 0 Å². The Labute approximate surface area is 236 Å². The highest BCUT2D eigenvalue weighted by atomic mass is 16.6. The summed E-state index contributed by atoms with van der Waals surface area (Å²) < 4.78 is 25.2. The maximum absolute atomic E-state index is 13.6. The third kappa shape index (κ3) is 7.76. The maximum atomic E-state index is 13.6. The van der Waals surface area contributed by atoms with Crippen LogP contribution in [0.2, 0.25) is 0 Å². The molecule has 0 amide bonds. The Morgan fingerprint density at radius 3 is 1.43 bits per heavy atom. The molecule has 1 aliphatic carbocycles. The monoisotopic (exact) mass is 534 g/mol. The molecule has 4 aromatic carbocycles. The number of hydrogen-bond acceptors (Lipinski definition) is 5. The molecule has 0 spiro atoms. The van der Waals surface area contributed by atoms with E-state index in [0.29, 0.717) is 32.2 Å². The highest BCUT2D eigenvalue weighted by molar-refractivity contribution is 5.88. The molecule has 2 atom stereocenters. The van der Waals surface area contributed by atoms with Gasteiger partial charge in [-0.15, -0.1) is 0 Å². The number of Topliss-reactive ketones (excluding diaryl/α,β-unsaturated/α-hetero) is 1. The lowest BCUT2D eigenvalue weighted by molar-refractivity contribution is -0.148.